The van der Waals surface area contributed by atoms with E-state index in [1.807, 2.05) is 0 Å². The largest absolute Gasteiger partial charge is 0.288 e. The predicted octanol–water partition coefficient (Wildman–Crippen LogP) is 3.24. The molecule has 5 heteroatoms. The van der Waals surface area contributed by atoms with Crippen molar-refractivity contribution in [2.24, 2.45) is 0 Å². The standard InChI is InChI=1S/C12H6ClF2NO/c13-10-6-16-4-3-8(10)12(17)9-2-1-7(14)5-11(9)15/h1-6H. The lowest BCUT2D eigenvalue weighted by Crippen LogP contribution is -2.05. The number of nitrogens with zero attached hydrogens (tertiary/aromatic N) is 1. The van der Waals surface area contributed by atoms with Crippen LogP contribution in [-0.2, 0) is 0 Å². The number of hydrogen-bond donors (Lipinski definition) is 0. The average Bonchev–Trinajstić information content (AvgIpc) is 2.29. The molecule has 2 nitrogen and oxygen atoms in total. The van der Waals surface area contributed by atoms with Crippen LogP contribution in [0.25, 0.3) is 0 Å². The van der Waals surface area contributed by atoms with E-state index in [1.165, 1.54) is 18.5 Å². The third-order valence-corrected chi connectivity index (χ3v) is 2.49. The molecule has 2 aromatic rings. The topological polar surface area (TPSA) is 30.0 Å². The number of aromatic nitrogens is 1. The summed E-state index contributed by atoms with van der Waals surface area (Å²) in [6.45, 7) is 0. The molecule has 0 radical (unpaired) electrons. The van der Waals surface area contributed by atoms with Crippen LogP contribution in [0.3, 0.4) is 0 Å². The molecule has 0 aliphatic rings. The molecule has 2 rings (SSSR count). The smallest absolute Gasteiger partial charge is 0.197 e. The summed E-state index contributed by atoms with van der Waals surface area (Å²) in [4.78, 5) is 15.6. The predicted molar refractivity (Wildman–Crippen MR) is 59.0 cm³/mol. The first kappa shape index (κ1) is 11.7. The van der Waals surface area contributed by atoms with Gasteiger partial charge in [0.25, 0.3) is 0 Å². The van der Waals surface area contributed by atoms with Gasteiger partial charge in [-0.25, -0.2) is 8.78 Å². The van der Waals surface area contributed by atoms with E-state index < -0.39 is 17.4 Å². The van der Waals surface area contributed by atoms with Crippen LogP contribution < -0.4 is 0 Å². The number of ketones is 1. The lowest BCUT2D eigenvalue weighted by atomic mass is 10.0. The molecule has 0 fully saturated rings. The zero-order valence-electron chi connectivity index (χ0n) is 8.45. The molecule has 0 amide bonds. The Morgan fingerprint density at radius 3 is 2.59 bits per heavy atom. The van der Waals surface area contributed by atoms with Crippen LogP contribution in [0.1, 0.15) is 15.9 Å². The molecule has 0 atom stereocenters. The van der Waals surface area contributed by atoms with Gasteiger partial charge in [0.1, 0.15) is 11.6 Å². The Morgan fingerprint density at radius 2 is 1.94 bits per heavy atom. The molecule has 17 heavy (non-hydrogen) atoms. The molecule has 0 saturated heterocycles. The molecule has 1 aromatic carbocycles. The molecular formula is C12H6ClF2NO. The van der Waals surface area contributed by atoms with Gasteiger partial charge < -0.3 is 0 Å². The van der Waals surface area contributed by atoms with Crippen molar-refractivity contribution in [2.45, 2.75) is 0 Å². The molecule has 86 valence electrons. The number of halogens is 3. The second kappa shape index (κ2) is 4.59. The van der Waals surface area contributed by atoms with E-state index >= 15 is 0 Å². The molecule has 0 saturated carbocycles. The van der Waals surface area contributed by atoms with Gasteiger partial charge in [-0.1, -0.05) is 11.6 Å². The number of carbonyl (C=O) groups excluding carboxylic acids is 1. The van der Waals surface area contributed by atoms with Crippen LogP contribution in [0.15, 0.2) is 36.7 Å². The first-order valence-electron chi connectivity index (χ1n) is 4.69. The third-order valence-electron chi connectivity index (χ3n) is 2.19. The van der Waals surface area contributed by atoms with Gasteiger partial charge in [0.05, 0.1) is 10.6 Å². The zero-order valence-corrected chi connectivity index (χ0v) is 9.21. The Balaban J connectivity index is 2.48. The Hall–Kier alpha value is -1.81. The van der Waals surface area contributed by atoms with Crippen LogP contribution in [0.4, 0.5) is 8.78 Å². The number of hydrogen-bond acceptors (Lipinski definition) is 2. The van der Waals surface area contributed by atoms with Gasteiger partial charge in [-0.2, -0.15) is 0 Å². The van der Waals surface area contributed by atoms with Crippen molar-refractivity contribution in [3.05, 3.63) is 64.4 Å². The molecule has 1 heterocycles. The van der Waals surface area contributed by atoms with Gasteiger partial charge in [-0.05, 0) is 18.2 Å². The minimum absolute atomic E-state index is 0.126. The summed E-state index contributed by atoms with van der Waals surface area (Å²) < 4.78 is 26.1. The Kier molecular flexibility index (Phi) is 3.15. The van der Waals surface area contributed by atoms with E-state index in [2.05, 4.69) is 4.98 Å². The van der Waals surface area contributed by atoms with Gasteiger partial charge in [0.15, 0.2) is 5.78 Å². The Labute approximate surface area is 101 Å². The van der Waals surface area contributed by atoms with Crippen molar-refractivity contribution in [2.75, 3.05) is 0 Å². The monoisotopic (exact) mass is 253 g/mol. The van der Waals surface area contributed by atoms with Crippen LogP contribution in [0.5, 0.6) is 0 Å². The minimum atomic E-state index is -0.914. The molecule has 1 aromatic heterocycles. The van der Waals surface area contributed by atoms with Crippen LogP contribution >= 0.6 is 11.6 Å². The highest BCUT2D eigenvalue weighted by Gasteiger charge is 2.16. The van der Waals surface area contributed by atoms with Crippen LogP contribution in [0.2, 0.25) is 5.02 Å². The van der Waals surface area contributed by atoms with Gasteiger partial charge in [-0.15, -0.1) is 0 Å². The average molecular weight is 254 g/mol. The molecule has 0 aliphatic heterocycles. The fraction of sp³-hybridized carbons (Fsp3) is 0. The third kappa shape index (κ3) is 2.31. The van der Waals surface area contributed by atoms with E-state index in [0.717, 1.165) is 12.1 Å². The normalized spacial score (nSPS) is 10.3. The molecule has 0 aliphatic carbocycles. The first-order valence-corrected chi connectivity index (χ1v) is 5.06. The quantitative estimate of drug-likeness (QED) is 0.769. The van der Waals surface area contributed by atoms with Gasteiger partial charge in [0, 0.05) is 24.0 Å². The second-order valence-electron chi connectivity index (χ2n) is 3.31. The number of carbonyl (C=O) groups is 1. The van der Waals surface area contributed by atoms with Gasteiger partial charge in [-0.3, -0.25) is 9.78 Å². The maximum Gasteiger partial charge on any atom is 0.197 e. The van der Waals surface area contributed by atoms with Crippen molar-refractivity contribution >= 4 is 17.4 Å². The Bertz CT molecular complexity index is 586. The van der Waals surface area contributed by atoms with E-state index in [9.17, 15) is 13.6 Å². The highest BCUT2D eigenvalue weighted by atomic mass is 35.5. The summed E-state index contributed by atoms with van der Waals surface area (Å²) in [5, 5.41) is 0.126. The summed E-state index contributed by atoms with van der Waals surface area (Å²) in [6.07, 6.45) is 2.66. The summed E-state index contributed by atoms with van der Waals surface area (Å²) in [5.74, 6) is -2.25. The molecule has 0 unspecified atom stereocenters. The van der Waals surface area contributed by atoms with Crippen LogP contribution in [-0.4, -0.2) is 10.8 Å². The zero-order chi connectivity index (χ0) is 12.4. The summed E-state index contributed by atoms with van der Waals surface area (Å²) in [5.41, 5.74) is -0.0910. The van der Waals surface area contributed by atoms with Crippen molar-refractivity contribution < 1.29 is 13.6 Å². The van der Waals surface area contributed by atoms with Crippen LogP contribution in [0, 0.1) is 11.6 Å². The fourth-order valence-electron chi connectivity index (χ4n) is 1.38. The summed E-state index contributed by atoms with van der Waals surface area (Å²) in [6, 6.07) is 4.14. The second-order valence-corrected chi connectivity index (χ2v) is 3.72. The minimum Gasteiger partial charge on any atom is -0.288 e. The number of rotatable bonds is 2. The molecule has 0 spiro atoms. The number of pyridine rings is 1. The first-order chi connectivity index (χ1) is 8.09. The lowest BCUT2D eigenvalue weighted by Gasteiger charge is -2.04. The van der Waals surface area contributed by atoms with Gasteiger partial charge >= 0.3 is 0 Å². The maximum absolute atomic E-state index is 13.4. The van der Waals surface area contributed by atoms with Crippen molar-refractivity contribution in [3.8, 4) is 0 Å². The maximum atomic E-state index is 13.4. The van der Waals surface area contributed by atoms with E-state index in [-0.39, 0.29) is 16.1 Å². The summed E-state index contributed by atoms with van der Waals surface area (Å²) >= 11 is 5.77. The molecular weight excluding hydrogens is 248 g/mol. The van der Waals surface area contributed by atoms with Crippen molar-refractivity contribution in [1.29, 1.82) is 0 Å². The SMILES string of the molecule is O=C(c1ccc(F)cc1F)c1ccncc1Cl. The van der Waals surface area contributed by atoms with Crippen molar-refractivity contribution in [3.63, 3.8) is 0 Å². The molecule has 0 bridgehead atoms. The fourth-order valence-corrected chi connectivity index (χ4v) is 1.58. The molecule has 0 N–H and O–H groups in total. The van der Waals surface area contributed by atoms with Crippen molar-refractivity contribution in [1.82, 2.24) is 4.98 Å². The Morgan fingerprint density at radius 1 is 1.18 bits per heavy atom. The number of benzene rings is 1. The van der Waals surface area contributed by atoms with E-state index in [0.29, 0.717) is 6.07 Å². The van der Waals surface area contributed by atoms with E-state index in [1.54, 1.807) is 0 Å². The van der Waals surface area contributed by atoms with E-state index in [4.69, 9.17) is 11.6 Å². The highest BCUT2D eigenvalue weighted by molar-refractivity contribution is 6.34. The summed E-state index contributed by atoms with van der Waals surface area (Å²) in [7, 11) is 0. The van der Waals surface area contributed by atoms with Gasteiger partial charge in [0.2, 0.25) is 0 Å². The highest BCUT2D eigenvalue weighted by Crippen LogP contribution is 2.20. The lowest BCUT2D eigenvalue weighted by molar-refractivity contribution is 0.103.